The molecule has 0 aliphatic carbocycles. The maximum Gasteiger partial charge on any atom is 0.270 e. The van der Waals surface area contributed by atoms with Crippen LogP contribution in [0.2, 0.25) is 5.02 Å². The number of fused-ring (bicyclic) bond motifs is 1. The maximum atomic E-state index is 13.1. The van der Waals surface area contributed by atoms with Gasteiger partial charge in [-0.2, -0.15) is 4.98 Å². The number of β-amino-alcohol motifs (C(OH)–C–C–N with tert-alkyl or cyclic N) is 1. The molecule has 2 aromatic heterocycles. The monoisotopic (exact) mass is 601 g/mol. The van der Waals surface area contributed by atoms with Crippen molar-refractivity contribution in [2.45, 2.75) is 31.7 Å². The van der Waals surface area contributed by atoms with E-state index in [1.165, 1.54) is 6.39 Å². The molecule has 0 spiro atoms. The summed E-state index contributed by atoms with van der Waals surface area (Å²) in [6, 6.07) is 5.59. The average molecular weight is 602 g/mol. The Hall–Kier alpha value is -3.49. The third-order valence-electron chi connectivity index (χ3n) is 7.11. The Labute approximate surface area is 249 Å². The van der Waals surface area contributed by atoms with Gasteiger partial charge < -0.3 is 39.3 Å². The van der Waals surface area contributed by atoms with Gasteiger partial charge in [0.2, 0.25) is 5.95 Å². The van der Waals surface area contributed by atoms with Crippen LogP contribution in [-0.4, -0.2) is 103 Å². The van der Waals surface area contributed by atoms with Crippen molar-refractivity contribution in [2.75, 3.05) is 70.4 Å². The number of rotatable bonds is 14. The second kappa shape index (κ2) is 14.1. The molecule has 1 fully saturated rings. The molecule has 42 heavy (non-hydrogen) atoms. The smallest absolute Gasteiger partial charge is 0.270 e. The number of benzene rings is 1. The van der Waals surface area contributed by atoms with Gasteiger partial charge in [-0.05, 0) is 23.6 Å². The predicted molar refractivity (Wildman–Crippen MR) is 155 cm³/mol. The van der Waals surface area contributed by atoms with Crippen LogP contribution in [0, 0.1) is 0 Å². The van der Waals surface area contributed by atoms with Crippen LogP contribution in [-0.2, 0) is 29.0 Å². The number of ether oxygens (including phenoxy) is 3. The highest BCUT2D eigenvalue weighted by atomic mass is 35.5. The second-order valence-electron chi connectivity index (χ2n) is 10.4. The number of oxazole rings is 1. The van der Waals surface area contributed by atoms with Crippen LogP contribution >= 0.6 is 11.6 Å². The van der Waals surface area contributed by atoms with Gasteiger partial charge in [0.15, 0.2) is 12.2 Å². The van der Waals surface area contributed by atoms with Gasteiger partial charge in [0.05, 0.1) is 43.2 Å². The molecule has 0 saturated carbocycles. The van der Waals surface area contributed by atoms with E-state index in [9.17, 15) is 9.90 Å². The zero-order chi connectivity index (χ0) is 29.5. The lowest BCUT2D eigenvalue weighted by Crippen LogP contribution is -2.42. The van der Waals surface area contributed by atoms with Crippen molar-refractivity contribution in [3.05, 3.63) is 58.4 Å². The Bertz CT molecular complexity index is 1340. The van der Waals surface area contributed by atoms with E-state index in [1.807, 2.05) is 24.1 Å². The van der Waals surface area contributed by atoms with Gasteiger partial charge in [-0.3, -0.25) is 9.69 Å². The van der Waals surface area contributed by atoms with Crippen LogP contribution in [0.1, 0.15) is 27.4 Å². The zero-order valence-electron chi connectivity index (χ0n) is 23.7. The highest BCUT2D eigenvalue weighted by Crippen LogP contribution is 2.34. The third kappa shape index (κ3) is 7.66. The summed E-state index contributed by atoms with van der Waals surface area (Å²) in [5.74, 6) is 1.77. The number of amides is 1. The Morgan fingerprint density at radius 3 is 2.93 bits per heavy atom. The van der Waals surface area contributed by atoms with E-state index in [0.29, 0.717) is 74.3 Å². The van der Waals surface area contributed by atoms with Crippen molar-refractivity contribution in [1.82, 2.24) is 25.2 Å². The molecule has 0 unspecified atom stereocenters. The third-order valence-corrected chi connectivity index (χ3v) is 7.52. The first kappa shape index (κ1) is 30.0. The van der Waals surface area contributed by atoms with Crippen LogP contribution in [0.3, 0.4) is 0 Å². The molecule has 1 saturated heterocycles. The molecule has 2 aliphatic heterocycles. The highest BCUT2D eigenvalue weighted by Gasteiger charge is 2.24. The molecule has 5 rings (SSSR count). The summed E-state index contributed by atoms with van der Waals surface area (Å²) in [6.45, 7) is 4.28. The SMILES string of the molecule is COCCN(C)c1nc(NC2COC2)cc(C(=O)NC[C@H](O)CN2CCc3c(ccc(OCc4cnco4)c3Cl)C2)n1. The molecular weight excluding hydrogens is 566 g/mol. The summed E-state index contributed by atoms with van der Waals surface area (Å²) in [7, 11) is 3.46. The van der Waals surface area contributed by atoms with Crippen molar-refractivity contribution in [3.8, 4) is 5.75 Å². The number of nitrogens with one attached hydrogen (secondary N) is 2. The van der Waals surface area contributed by atoms with Crippen LogP contribution in [0.25, 0.3) is 0 Å². The minimum atomic E-state index is -0.772. The van der Waals surface area contributed by atoms with E-state index >= 15 is 0 Å². The zero-order valence-corrected chi connectivity index (χ0v) is 24.5. The van der Waals surface area contributed by atoms with Crippen LogP contribution in [0.4, 0.5) is 11.8 Å². The first-order chi connectivity index (χ1) is 20.4. The van der Waals surface area contributed by atoms with E-state index in [4.69, 9.17) is 30.2 Å². The lowest BCUT2D eigenvalue weighted by atomic mass is 9.99. The molecule has 13 nitrogen and oxygen atoms in total. The molecule has 3 aromatic rings. The van der Waals surface area contributed by atoms with E-state index in [-0.39, 0.29) is 30.8 Å². The number of likely N-dealkylation sites (N-methyl/N-ethyl adjacent to an activating group) is 1. The maximum absolute atomic E-state index is 13.1. The summed E-state index contributed by atoms with van der Waals surface area (Å²) in [5, 5.41) is 17.4. The Morgan fingerprint density at radius 2 is 2.19 bits per heavy atom. The normalized spacial score (nSPS) is 15.9. The van der Waals surface area contributed by atoms with Crippen molar-refractivity contribution in [1.29, 1.82) is 0 Å². The van der Waals surface area contributed by atoms with Crippen LogP contribution < -0.4 is 20.3 Å². The molecule has 226 valence electrons. The highest BCUT2D eigenvalue weighted by molar-refractivity contribution is 6.33. The molecule has 4 heterocycles. The second-order valence-corrected chi connectivity index (χ2v) is 10.7. The van der Waals surface area contributed by atoms with Gasteiger partial charge in [-0.15, -0.1) is 0 Å². The number of aliphatic hydroxyl groups excluding tert-OH is 1. The summed E-state index contributed by atoms with van der Waals surface area (Å²) < 4.78 is 21.4. The number of nitrogens with zero attached hydrogens (tertiary/aromatic N) is 5. The van der Waals surface area contributed by atoms with Crippen molar-refractivity contribution >= 4 is 29.3 Å². The van der Waals surface area contributed by atoms with Crippen molar-refractivity contribution in [2.24, 2.45) is 0 Å². The molecule has 2 aliphatic rings. The Kier molecular flexibility index (Phi) is 10.1. The topological polar surface area (TPSA) is 147 Å². The quantitative estimate of drug-likeness (QED) is 0.247. The van der Waals surface area contributed by atoms with E-state index in [1.54, 1.807) is 19.4 Å². The predicted octanol–water partition coefficient (Wildman–Crippen LogP) is 1.74. The van der Waals surface area contributed by atoms with Crippen LogP contribution in [0.15, 0.2) is 35.2 Å². The van der Waals surface area contributed by atoms with Gasteiger partial charge >= 0.3 is 0 Å². The molecule has 14 heteroatoms. The number of hydrogen-bond donors (Lipinski definition) is 3. The van der Waals surface area contributed by atoms with Crippen LogP contribution in [0.5, 0.6) is 5.75 Å². The number of aliphatic hydroxyl groups is 1. The minimum Gasteiger partial charge on any atom is -0.484 e. The Balaban J connectivity index is 1.14. The minimum absolute atomic E-state index is 0.0788. The summed E-state index contributed by atoms with van der Waals surface area (Å²) in [4.78, 5) is 29.9. The van der Waals surface area contributed by atoms with Gasteiger partial charge in [0.1, 0.15) is 23.9 Å². The van der Waals surface area contributed by atoms with Crippen molar-refractivity contribution < 1.29 is 28.5 Å². The first-order valence-corrected chi connectivity index (χ1v) is 14.2. The van der Waals surface area contributed by atoms with Gasteiger partial charge in [0, 0.05) is 52.9 Å². The summed E-state index contributed by atoms with van der Waals surface area (Å²) >= 11 is 6.65. The standard InChI is InChI=1S/C28H36ClN7O6/c1-35(7-8-39-2)28-33-23(9-25(34-28)32-19-14-40-15-19)27(38)31-10-20(37)13-36-6-5-22-18(12-36)3-4-24(26(22)29)41-16-21-11-30-17-42-21/h3-4,9,11,17,19-20,37H,5-8,10,12-16H2,1-2H3,(H,31,38)(H,32,33,34)/t20-/m0/s1. The molecule has 3 N–H and O–H groups in total. The first-order valence-electron chi connectivity index (χ1n) is 13.8. The van der Waals surface area contributed by atoms with E-state index in [2.05, 4.69) is 30.5 Å². The molecule has 1 atom stereocenters. The Morgan fingerprint density at radius 1 is 1.33 bits per heavy atom. The summed E-state index contributed by atoms with van der Waals surface area (Å²) in [5.41, 5.74) is 2.33. The number of halogens is 1. The fraction of sp³-hybridized carbons (Fsp3) is 0.500. The average Bonchev–Trinajstić information content (AvgIpc) is 3.50. The largest absolute Gasteiger partial charge is 0.484 e. The van der Waals surface area contributed by atoms with E-state index < -0.39 is 6.10 Å². The number of anilines is 2. The van der Waals surface area contributed by atoms with Gasteiger partial charge in [-0.1, -0.05) is 17.7 Å². The number of carbonyl (C=O) groups excluding carboxylic acids is 1. The molecule has 1 amide bonds. The fourth-order valence-electron chi connectivity index (χ4n) is 4.69. The van der Waals surface area contributed by atoms with Gasteiger partial charge in [-0.25, -0.2) is 9.97 Å². The molecule has 0 bridgehead atoms. The van der Waals surface area contributed by atoms with Crippen molar-refractivity contribution in [3.63, 3.8) is 0 Å². The molecule has 0 radical (unpaired) electrons. The number of hydrogen-bond acceptors (Lipinski definition) is 12. The summed E-state index contributed by atoms with van der Waals surface area (Å²) in [6.07, 6.45) is 2.91. The lowest BCUT2D eigenvalue weighted by molar-refractivity contribution is 0.0209. The lowest BCUT2D eigenvalue weighted by Gasteiger charge is -2.31. The fourth-order valence-corrected chi connectivity index (χ4v) is 5.03. The number of methoxy groups -OCH3 is 1. The number of carbonyl (C=O) groups is 1. The molecular formula is C28H36ClN7O6. The number of aromatic nitrogens is 3. The molecule has 1 aromatic carbocycles. The van der Waals surface area contributed by atoms with E-state index in [0.717, 1.165) is 17.5 Å². The van der Waals surface area contributed by atoms with Gasteiger partial charge in [0.25, 0.3) is 5.91 Å².